The van der Waals surface area contributed by atoms with Gasteiger partial charge < -0.3 is 15.0 Å². The first kappa shape index (κ1) is 21.4. The molecular formula is C23H23N3O3S2. The Morgan fingerprint density at radius 2 is 1.94 bits per heavy atom. The number of nitrogens with zero attached hydrogens (tertiary/aromatic N) is 2. The number of thiophene rings is 1. The molecule has 0 bridgehead atoms. The molecule has 3 heterocycles. The van der Waals surface area contributed by atoms with E-state index in [9.17, 15) is 9.00 Å². The summed E-state index contributed by atoms with van der Waals surface area (Å²) in [4.78, 5) is 17.4. The molecule has 4 aromatic rings. The fourth-order valence-electron chi connectivity index (χ4n) is 3.44. The van der Waals surface area contributed by atoms with Crippen molar-refractivity contribution < 1.29 is 8.95 Å². The highest BCUT2D eigenvalue weighted by atomic mass is 32.2. The maximum absolute atomic E-state index is 12.9. The van der Waals surface area contributed by atoms with E-state index in [0.29, 0.717) is 28.7 Å². The number of pyridine rings is 2. The molecule has 31 heavy (non-hydrogen) atoms. The van der Waals surface area contributed by atoms with E-state index in [4.69, 9.17) is 15.5 Å². The third kappa shape index (κ3) is 4.32. The topological polar surface area (TPSA) is 87.2 Å². The molecule has 1 aromatic carbocycles. The van der Waals surface area contributed by atoms with Crippen LogP contribution in [0.15, 0.2) is 63.7 Å². The second kappa shape index (κ2) is 9.13. The molecule has 0 aliphatic rings. The van der Waals surface area contributed by atoms with Crippen molar-refractivity contribution in [3.05, 3.63) is 65.1 Å². The lowest BCUT2D eigenvalue weighted by Gasteiger charge is -2.09. The zero-order valence-corrected chi connectivity index (χ0v) is 19.0. The minimum absolute atomic E-state index is 0.0813. The van der Waals surface area contributed by atoms with Crippen molar-refractivity contribution in [1.29, 1.82) is 0 Å². The highest BCUT2D eigenvalue weighted by Gasteiger charge is 2.21. The van der Waals surface area contributed by atoms with Gasteiger partial charge >= 0.3 is 0 Å². The van der Waals surface area contributed by atoms with Gasteiger partial charge in [0.25, 0.3) is 0 Å². The Morgan fingerprint density at radius 1 is 1.16 bits per heavy atom. The summed E-state index contributed by atoms with van der Waals surface area (Å²) in [5.74, 6) is 0.485. The van der Waals surface area contributed by atoms with Crippen LogP contribution in [-0.4, -0.2) is 33.2 Å². The average molecular weight is 454 g/mol. The quantitative estimate of drug-likeness (QED) is 0.427. The number of aryl methyl sites for hydroxylation is 1. The number of benzene rings is 1. The number of aromatic nitrogens is 2. The summed E-state index contributed by atoms with van der Waals surface area (Å²) in [6.07, 6.45) is 2.46. The molecule has 0 radical (unpaired) electrons. The van der Waals surface area contributed by atoms with E-state index in [2.05, 4.69) is 0 Å². The van der Waals surface area contributed by atoms with Gasteiger partial charge in [0.15, 0.2) is 0 Å². The van der Waals surface area contributed by atoms with Crippen molar-refractivity contribution >= 4 is 38.0 Å². The van der Waals surface area contributed by atoms with E-state index in [1.165, 1.54) is 22.0 Å². The normalized spacial score (nSPS) is 12.3. The molecule has 6 nitrogen and oxygen atoms in total. The average Bonchev–Trinajstić information content (AvgIpc) is 3.12. The largest absolute Gasteiger partial charge is 0.396 e. The number of hydrogen-bond donors (Lipinski definition) is 1. The second-order valence-corrected chi connectivity index (χ2v) is 9.93. The first-order chi connectivity index (χ1) is 15.0. The molecule has 2 N–H and O–H groups in total. The fourth-order valence-corrected chi connectivity index (χ4v) is 6.06. The second-order valence-electron chi connectivity index (χ2n) is 7.17. The van der Waals surface area contributed by atoms with Crippen molar-refractivity contribution in [3.8, 4) is 22.4 Å². The number of anilines is 1. The molecule has 0 spiro atoms. The van der Waals surface area contributed by atoms with Crippen LogP contribution in [0.1, 0.15) is 6.42 Å². The van der Waals surface area contributed by atoms with Crippen molar-refractivity contribution in [2.24, 2.45) is 7.05 Å². The predicted molar refractivity (Wildman–Crippen MR) is 128 cm³/mol. The molecule has 0 aliphatic carbocycles. The third-order valence-electron chi connectivity index (χ3n) is 5.02. The van der Waals surface area contributed by atoms with E-state index in [1.807, 2.05) is 36.4 Å². The van der Waals surface area contributed by atoms with Crippen LogP contribution in [-0.2, 0) is 22.6 Å². The molecule has 160 valence electrons. The molecule has 4 rings (SSSR count). The Hall–Kier alpha value is -2.81. The van der Waals surface area contributed by atoms with E-state index < -0.39 is 10.8 Å². The van der Waals surface area contributed by atoms with E-state index >= 15 is 0 Å². The van der Waals surface area contributed by atoms with Crippen LogP contribution in [0.3, 0.4) is 0 Å². The maximum atomic E-state index is 12.9. The standard InChI is InChI=1S/C23H23N3O3S2/c1-26-14-16(9-10-19(26)27)18-13-17(15-7-4-3-5-8-15)20-21(24)23(30-22(20)25-18)31(28)12-6-11-29-2/h3-5,7-10,13-14H,6,11-12,24H2,1-2H3/t31-/m1/s1. The first-order valence-electron chi connectivity index (χ1n) is 9.82. The van der Waals surface area contributed by atoms with Gasteiger partial charge in [-0.1, -0.05) is 30.3 Å². The van der Waals surface area contributed by atoms with Gasteiger partial charge in [-0.25, -0.2) is 4.98 Å². The van der Waals surface area contributed by atoms with Gasteiger partial charge in [-0.15, -0.1) is 11.3 Å². The number of methoxy groups -OCH3 is 1. The summed E-state index contributed by atoms with van der Waals surface area (Å²) in [5, 5.41) is 0.819. The van der Waals surface area contributed by atoms with Crippen LogP contribution in [0, 0.1) is 0 Å². The van der Waals surface area contributed by atoms with E-state index in [1.54, 1.807) is 26.4 Å². The molecule has 0 saturated heterocycles. The number of nitrogen functional groups attached to an aromatic ring is 1. The Bertz CT molecular complexity index is 1310. The number of nitrogens with two attached hydrogens (primary N) is 1. The van der Waals surface area contributed by atoms with Gasteiger partial charge in [-0.05, 0) is 29.7 Å². The van der Waals surface area contributed by atoms with Crippen LogP contribution < -0.4 is 11.3 Å². The number of ether oxygens (including phenoxy) is 1. The Morgan fingerprint density at radius 3 is 2.65 bits per heavy atom. The van der Waals surface area contributed by atoms with Gasteiger partial charge in [0.05, 0.1) is 22.2 Å². The van der Waals surface area contributed by atoms with Crippen LogP contribution in [0.25, 0.3) is 32.6 Å². The molecule has 1 atom stereocenters. The van der Waals surface area contributed by atoms with Gasteiger partial charge in [0, 0.05) is 49.7 Å². The van der Waals surface area contributed by atoms with Gasteiger partial charge in [-0.2, -0.15) is 0 Å². The number of hydrogen-bond acceptors (Lipinski definition) is 6. The summed E-state index contributed by atoms with van der Waals surface area (Å²) in [6, 6.07) is 15.2. The van der Waals surface area contributed by atoms with Crippen LogP contribution in [0.2, 0.25) is 0 Å². The zero-order valence-electron chi connectivity index (χ0n) is 17.3. The molecule has 0 unspecified atom stereocenters. The third-order valence-corrected chi connectivity index (χ3v) is 8.01. The fraction of sp³-hybridized carbons (Fsp3) is 0.217. The predicted octanol–water partition coefficient (Wildman–Crippen LogP) is 4.06. The van der Waals surface area contributed by atoms with Crippen LogP contribution in [0.5, 0.6) is 0 Å². The minimum Gasteiger partial charge on any atom is -0.396 e. The molecule has 0 saturated carbocycles. The first-order valence-corrected chi connectivity index (χ1v) is 12.0. The lowest BCUT2D eigenvalue weighted by molar-refractivity contribution is 0.200. The Kier molecular flexibility index (Phi) is 6.31. The Balaban J connectivity index is 1.91. The lowest BCUT2D eigenvalue weighted by Crippen LogP contribution is -2.14. The van der Waals surface area contributed by atoms with Crippen molar-refractivity contribution in [1.82, 2.24) is 9.55 Å². The summed E-state index contributed by atoms with van der Waals surface area (Å²) < 4.78 is 20.2. The van der Waals surface area contributed by atoms with Crippen LogP contribution >= 0.6 is 11.3 Å². The van der Waals surface area contributed by atoms with Crippen molar-refractivity contribution in [2.75, 3.05) is 25.2 Å². The highest BCUT2D eigenvalue weighted by Crippen LogP contribution is 2.42. The lowest BCUT2D eigenvalue weighted by atomic mass is 10.0. The summed E-state index contributed by atoms with van der Waals surface area (Å²) >= 11 is 1.37. The summed E-state index contributed by atoms with van der Waals surface area (Å²) in [5.41, 5.74) is 10.5. The summed E-state index contributed by atoms with van der Waals surface area (Å²) in [7, 11) is 2.12. The molecule has 0 aliphatic heterocycles. The van der Waals surface area contributed by atoms with Crippen molar-refractivity contribution in [2.45, 2.75) is 10.6 Å². The highest BCUT2D eigenvalue weighted by molar-refractivity contribution is 7.87. The van der Waals surface area contributed by atoms with Gasteiger partial charge in [0.2, 0.25) is 5.56 Å². The van der Waals surface area contributed by atoms with E-state index in [-0.39, 0.29) is 5.56 Å². The molecule has 8 heteroatoms. The SMILES string of the molecule is COCCC[S@@](=O)c1sc2nc(-c3ccc(=O)n(C)c3)cc(-c3ccccc3)c2c1N. The monoisotopic (exact) mass is 453 g/mol. The van der Waals surface area contributed by atoms with Gasteiger partial charge in [-0.3, -0.25) is 9.00 Å². The number of rotatable bonds is 7. The molecular weight excluding hydrogens is 430 g/mol. The zero-order chi connectivity index (χ0) is 22.0. The minimum atomic E-state index is -1.22. The van der Waals surface area contributed by atoms with E-state index in [0.717, 1.165) is 32.6 Å². The Labute approximate surface area is 186 Å². The molecule has 0 fully saturated rings. The maximum Gasteiger partial charge on any atom is 0.250 e. The number of fused-ring (bicyclic) bond motifs is 1. The summed E-state index contributed by atoms with van der Waals surface area (Å²) in [6.45, 7) is 0.556. The van der Waals surface area contributed by atoms with Crippen molar-refractivity contribution in [3.63, 3.8) is 0 Å². The van der Waals surface area contributed by atoms with Crippen LogP contribution in [0.4, 0.5) is 5.69 Å². The smallest absolute Gasteiger partial charge is 0.250 e. The van der Waals surface area contributed by atoms with Gasteiger partial charge in [0.1, 0.15) is 9.04 Å². The molecule has 0 amide bonds. The molecule has 3 aromatic heterocycles.